The van der Waals surface area contributed by atoms with E-state index >= 15 is 0 Å². The van der Waals surface area contributed by atoms with Crippen molar-refractivity contribution in [3.05, 3.63) is 17.6 Å². The zero-order chi connectivity index (χ0) is 13.1. The SMILES string of the molecule is COCC1CN(c2cc(C)nc(C)n2)CC(C)O1. The Hall–Kier alpha value is -1.20. The van der Waals surface area contributed by atoms with Crippen LogP contribution in [0, 0.1) is 13.8 Å². The third-order valence-electron chi connectivity index (χ3n) is 2.96. The van der Waals surface area contributed by atoms with Crippen LogP contribution < -0.4 is 4.90 Å². The quantitative estimate of drug-likeness (QED) is 0.811. The van der Waals surface area contributed by atoms with Crippen molar-refractivity contribution in [3.63, 3.8) is 0 Å². The molecule has 2 rings (SSSR count). The minimum absolute atomic E-state index is 0.106. The Labute approximate surface area is 108 Å². The van der Waals surface area contributed by atoms with Gasteiger partial charge in [-0.25, -0.2) is 9.97 Å². The first-order valence-corrected chi connectivity index (χ1v) is 6.30. The summed E-state index contributed by atoms with van der Waals surface area (Å²) in [7, 11) is 1.70. The first-order chi connectivity index (χ1) is 8.58. The van der Waals surface area contributed by atoms with Crippen LogP contribution in [0.3, 0.4) is 0 Å². The fraction of sp³-hybridized carbons (Fsp3) is 0.692. The Morgan fingerprint density at radius 2 is 2.17 bits per heavy atom. The molecule has 1 saturated heterocycles. The molecule has 1 aliphatic rings. The maximum absolute atomic E-state index is 5.83. The van der Waals surface area contributed by atoms with Gasteiger partial charge in [-0.15, -0.1) is 0 Å². The summed E-state index contributed by atoms with van der Waals surface area (Å²) in [4.78, 5) is 11.1. The van der Waals surface area contributed by atoms with Gasteiger partial charge in [0.05, 0.1) is 18.8 Å². The van der Waals surface area contributed by atoms with Gasteiger partial charge in [0.15, 0.2) is 0 Å². The summed E-state index contributed by atoms with van der Waals surface area (Å²) >= 11 is 0. The maximum atomic E-state index is 5.83. The number of hydrogen-bond donors (Lipinski definition) is 0. The number of anilines is 1. The molecule has 2 unspecified atom stereocenters. The number of rotatable bonds is 3. The fourth-order valence-corrected chi connectivity index (χ4v) is 2.37. The third kappa shape index (κ3) is 3.17. The first-order valence-electron chi connectivity index (χ1n) is 6.30. The highest BCUT2D eigenvalue weighted by atomic mass is 16.5. The van der Waals surface area contributed by atoms with Gasteiger partial charge >= 0.3 is 0 Å². The molecule has 1 aromatic heterocycles. The van der Waals surface area contributed by atoms with Gasteiger partial charge in [0.2, 0.25) is 0 Å². The van der Waals surface area contributed by atoms with Crippen LogP contribution in [0.2, 0.25) is 0 Å². The smallest absolute Gasteiger partial charge is 0.132 e. The molecule has 0 aromatic carbocycles. The van der Waals surface area contributed by atoms with E-state index in [0.717, 1.165) is 30.4 Å². The normalized spacial score (nSPS) is 24.3. The van der Waals surface area contributed by atoms with Crippen molar-refractivity contribution in [2.75, 3.05) is 31.7 Å². The molecule has 2 heterocycles. The first kappa shape index (κ1) is 13.2. The van der Waals surface area contributed by atoms with Gasteiger partial charge in [-0.05, 0) is 20.8 Å². The summed E-state index contributed by atoms with van der Waals surface area (Å²) in [6.45, 7) is 8.28. The van der Waals surface area contributed by atoms with Gasteiger partial charge in [-0.3, -0.25) is 0 Å². The van der Waals surface area contributed by atoms with Crippen molar-refractivity contribution in [2.24, 2.45) is 0 Å². The van der Waals surface area contributed by atoms with Gasteiger partial charge in [-0.1, -0.05) is 0 Å². The highest BCUT2D eigenvalue weighted by Crippen LogP contribution is 2.19. The Balaban J connectivity index is 2.15. The number of hydrogen-bond acceptors (Lipinski definition) is 5. The molecule has 0 aliphatic carbocycles. The molecule has 0 amide bonds. The molecule has 2 atom stereocenters. The van der Waals surface area contributed by atoms with E-state index in [1.807, 2.05) is 19.9 Å². The number of nitrogens with zero attached hydrogens (tertiary/aromatic N) is 3. The van der Waals surface area contributed by atoms with Crippen LogP contribution in [0.4, 0.5) is 5.82 Å². The lowest BCUT2D eigenvalue weighted by atomic mass is 10.2. The minimum Gasteiger partial charge on any atom is -0.382 e. The third-order valence-corrected chi connectivity index (χ3v) is 2.96. The summed E-state index contributed by atoms with van der Waals surface area (Å²) in [6, 6.07) is 2.02. The van der Waals surface area contributed by atoms with Crippen molar-refractivity contribution in [1.29, 1.82) is 0 Å². The van der Waals surface area contributed by atoms with Crippen molar-refractivity contribution < 1.29 is 9.47 Å². The highest BCUT2D eigenvalue weighted by molar-refractivity contribution is 5.40. The molecule has 0 spiro atoms. The monoisotopic (exact) mass is 251 g/mol. The second-order valence-corrected chi connectivity index (χ2v) is 4.84. The number of aromatic nitrogens is 2. The van der Waals surface area contributed by atoms with Crippen LogP contribution >= 0.6 is 0 Å². The average molecular weight is 251 g/mol. The Morgan fingerprint density at radius 1 is 1.39 bits per heavy atom. The minimum atomic E-state index is 0.106. The summed E-state index contributed by atoms with van der Waals surface area (Å²) in [5.41, 5.74) is 1.000. The number of aryl methyl sites for hydroxylation is 2. The second kappa shape index (κ2) is 5.63. The van der Waals surface area contributed by atoms with Gasteiger partial charge < -0.3 is 14.4 Å². The van der Waals surface area contributed by atoms with Crippen LogP contribution in [-0.4, -0.2) is 49.0 Å². The Bertz CT molecular complexity index is 391. The van der Waals surface area contributed by atoms with Crippen molar-refractivity contribution in [2.45, 2.75) is 33.0 Å². The summed E-state index contributed by atoms with van der Waals surface area (Å²) in [5.74, 6) is 1.80. The predicted molar refractivity (Wildman–Crippen MR) is 69.9 cm³/mol. The van der Waals surface area contributed by atoms with Crippen molar-refractivity contribution >= 4 is 5.82 Å². The van der Waals surface area contributed by atoms with Gasteiger partial charge in [0, 0.05) is 32.0 Å². The van der Waals surface area contributed by atoms with E-state index in [9.17, 15) is 0 Å². The number of methoxy groups -OCH3 is 1. The van der Waals surface area contributed by atoms with Crippen LogP contribution in [0.1, 0.15) is 18.4 Å². The molecule has 1 aromatic rings. The molecule has 0 bridgehead atoms. The second-order valence-electron chi connectivity index (χ2n) is 4.84. The zero-order valence-corrected chi connectivity index (χ0v) is 11.5. The average Bonchev–Trinajstić information content (AvgIpc) is 2.27. The van der Waals surface area contributed by atoms with Crippen LogP contribution in [-0.2, 0) is 9.47 Å². The molecule has 18 heavy (non-hydrogen) atoms. The lowest BCUT2D eigenvalue weighted by molar-refractivity contribution is -0.0512. The van der Waals surface area contributed by atoms with Crippen LogP contribution in [0.15, 0.2) is 6.07 Å². The Kier molecular flexibility index (Phi) is 4.14. The van der Waals surface area contributed by atoms with E-state index in [1.165, 1.54) is 0 Å². The molecule has 0 saturated carbocycles. The molecule has 5 heteroatoms. The van der Waals surface area contributed by atoms with Gasteiger partial charge in [-0.2, -0.15) is 0 Å². The van der Waals surface area contributed by atoms with Crippen molar-refractivity contribution in [3.8, 4) is 0 Å². The topological polar surface area (TPSA) is 47.5 Å². The van der Waals surface area contributed by atoms with Gasteiger partial charge in [0.25, 0.3) is 0 Å². The molecule has 1 fully saturated rings. The maximum Gasteiger partial charge on any atom is 0.132 e. The highest BCUT2D eigenvalue weighted by Gasteiger charge is 2.26. The van der Waals surface area contributed by atoms with E-state index in [4.69, 9.17) is 9.47 Å². The Morgan fingerprint density at radius 3 is 2.83 bits per heavy atom. The van der Waals surface area contributed by atoms with E-state index in [1.54, 1.807) is 7.11 Å². The van der Waals surface area contributed by atoms with E-state index in [0.29, 0.717) is 6.61 Å². The summed E-state index contributed by atoms with van der Waals surface area (Å²) < 4.78 is 11.0. The van der Waals surface area contributed by atoms with Gasteiger partial charge in [0.1, 0.15) is 11.6 Å². The predicted octanol–water partition coefficient (Wildman–Crippen LogP) is 1.33. The van der Waals surface area contributed by atoms with Crippen LogP contribution in [0.25, 0.3) is 0 Å². The van der Waals surface area contributed by atoms with Crippen LogP contribution in [0.5, 0.6) is 0 Å². The molecular formula is C13H21N3O2. The molecule has 0 N–H and O–H groups in total. The molecule has 5 nitrogen and oxygen atoms in total. The number of ether oxygens (including phenoxy) is 2. The molecular weight excluding hydrogens is 230 g/mol. The van der Waals surface area contributed by atoms with E-state index < -0.39 is 0 Å². The summed E-state index contributed by atoms with van der Waals surface area (Å²) in [5, 5.41) is 0. The standard InChI is InChI=1S/C13H21N3O2/c1-9-5-13(15-11(3)14-9)16-6-10(2)18-12(7-16)8-17-4/h5,10,12H,6-8H2,1-4H3. The lowest BCUT2D eigenvalue weighted by Gasteiger charge is -2.37. The number of morpholine rings is 1. The summed E-state index contributed by atoms with van der Waals surface area (Å²) in [6.07, 6.45) is 0.295. The fourth-order valence-electron chi connectivity index (χ4n) is 2.37. The molecule has 100 valence electrons. The van der Waals surface area contributed by atoms with Crippen molar-refractivity contribution in [1.82, 2.24) is 9.97 Å². The molecule has 1 aliphatic heterocycles. The largest absolute Gasteiger partial charge is 0.382 e. The lowest BCUT2D eigenvalue weighted by Crippen LogP contribution is -2.48. The van der Waals surface area contributed by atoms with E-state index in [-0.39, 0.29) is 12.2 Å². The molecule has 0 radical (unpaired) electrons. The van der Waals surface area contributed by atoms with E-state index in [2.05, 4.69) is 21.8 Å². The zero-order valence-electron chi connectivity index (χ0n) is 11.5.